The maximum Gasteiger partial charge on any atom is 0.153 e. The van der Waals surface area contributed by atoms with Crippen LogP contribution in [0.5, 0.6) is 11.5 Å². The third-order valence-corrected chi connectivity index (χ3v) is 6.84. The molecule has 0 bridgehead atoms. The van der Waals surface area contributed by atoms with Crippen LogP contribution in [0.25, 0.3) is 21.8 Å². The first-order valence-electron chi connectivity index (χ1n) is 12.6. The fourth-order valence-electron chi connectivity index (χ4n) is 4.95. The molecule has 6 heteroatoms. The van der Waals surface area contributed by atoms with Crippen LogP contribution >= 0.6 is 0 Å². The molecule has 2 aromatic heterocycles. The van der Waals surface area contributed by atoms with Gasteiger partial charge in [-0.05, 0) is 80.8 Å². The van der Waals surface area contributed by atoms with Gasteiger partial charge in [-0.1, -0.05) is 31.0 Å². The molecule has 0 aliphatic heterocycles. The van der Waals surface area contributed by atoms with Crippen LogP contribution in [0.1, 0.15) is 36.9 Å². The van der Waals surface area contributed by atoms with Gasteiger partial charge in [-0.2, -0.15) is 0 Å². The molecule has 1 fully saturated rings. The van der Waals surface area contributed by atoms with E-state index in [1.807, 2.05) is 44.2 Å². The smallest absolute Gasteiger partial charge is 0.153 e. The molecule has 0 amide bonds. The number of aryl methyl sites for hydroxylation is 2. The van der Waals surface area contributed by atoms with Crippen LogP contribution in [0.3, 0.4) is 0 Å². The molecule has 0 unspecified atom stereocenters. The van der Waals surface area contributed by atoms with E-state index in [2.05, 4.69) is 62.0 Å². The summed E-state index contributed by atoms with van der Waals surface area (Å²) in [5.41, 5.74) is 5.83. The van der Waals surface area contributed by atoms with E-state index in [-0.39, 0.29) is 0 Å². The number of nitrogens with zero attached hydrogens (tertiary/aromatic N) is 3. The average Bonchev–Trinajstić information content (AvgIpc) is 3.39. The number of anilines is 3. The third kappa shape index (κ3) is 4.54. The maximum atomic E-state index is 6.31. The van der Waals surface area contributed by atoms with E-state index < -0.39 is 0 Å². The van der Waals surface area contributed by atoms with Crippen molar-refractivity contribution in [3.63, 3.8) is 0 Å². The van der Waals surface area contributed by atoms with Crippen LogP contribution in [0.2, 0.25) is 0 Å². The van der Waals surface area contributed by atoms with Crippen molar-refractivity contribution in [1.82, 2.24) is 15.0 Å². The van der Waals surface area contributed by atoms with Gasteiger partial charge >= 0.3 is 0 Å². The second-order valence-electron chi connectivity index (χ2n) is 9.57. The first-order valence-corrected chi connectivity index (χ1v) is 12.6. The molecule has 1 aliphatic rings. The molecule has 36 heavy (non-hydrogen) atoms. The van der Waals surface area contributed by atoms with E-state index in [4.69, 9.17) is 4.74 Å². The average molecular weight is 476 g/mol. The summed E-state index contributed by atoms with van der Waals surface area (Å²) in [5, 5.41) is 9.22. The van der Waals surface area contributed by atoms with Crippen LogP contribution in [-0.4, -0.2) is 21.0 Å². The zero-order chi connectivity index (χ0) is 24.5. The number of fused-ring (bicyclic) bond motifs is 2. The largest absolute Gasteiger partial charge is 0.455 e. The first kappa shape index (κ1) is 22.3. The predicted molar refractivity (Wildman–Crippen MR) is 146 cm³/mol. The number of ether oxygens (including phenoxy) is 1. The van der Waals surface area contributed by atoms with Gasteiger partial charge in [0, 0.05) is 33.9 Å². The Morgan fingerprint density at radius 1 is 0.833 bits per heavy atom. The predicted octanol–water partition coefficient (Wildman–Crippen LogP) is 7.69. The summed E-state index contributed by atoms with van der Waals surface area (Å²) in [6, 6.07) is 23.1. The standard InChI is InChI=1S/C30H29N5O/c1-19-16-23(13-15-27(19)36-28-9-5-6-21-11-10-20(2)33-29(21)28)35-30-25-17-24(34-22-7-3-4-8-22)12-14-26(25)31-18-32-30/h5-6,9-18,22,34H,3-4,7-8H2,1-2H3,(H,31,32,35). The summed E-state index contributed by atoms with van der Waals surface area (Å²) in [4.78, 5) is 13.7. The minimum atomic E-state index is 0.555. The Labute approximate surface area is 210 Å². The minimum Gasteiger partial charge on any atom is -0.455 e. The van der Waals surface area contributed by atoms with E-state index in [9.17, 15) is 0 Å². The number of benzene rings is 3. The Bertz CT molecular complexity index is 1560. The van der Waals surface area contributed by atoms with Gasteiger partial charge in [0.05, 0.1) is 5.52 Å². The van der Waals surface area contributed by atoms with E-state index in [0.717, 1.165) is 61.8 Å². The second kappa shape index (κ2) is 9.46. The fourth-order valence-corrected chi connectivity index (χ4v) is 4.95. The molecule has 0 saturated heterocycles. The Balaban J connectivity index is 1.26. The molecule has 6 rings (SSSR count). The highest BCUT2D eigenvalue weighted by Crippen LogP contribution is 2.33. The molecular weight excluding hydrogens is 446 g/mol. The molecule has 0 radical (unpaired) electrons. The number of nitrogens with one attached hydrogen (secondary N) is 2. The highest BCUT2D eigenvalue weighted by Gasteiger charge is 2.15. The van der Waals surface area contributed by atoms with Gasteiger partial charge in [0.15, 0.2) is 5.75 Å². The zero-order valence-electron chi connectivity index (χ0n) is 20.6. The quantitative estimate of drug-likeness (QED) is 0.262. The summed E-state index contributed by atoms with van der Waals surface area (Å²) in [6.45, 7) is 4.04. The summed E-state index contributed by atoms with van der Waals surface area (Å²) < 4.78 is 6.31. The number of hydrogen-bond donors (Lipinski definition) is 2. The summed E-state index contributed by atoms with van der Waals surface area (Å²) in [5.74, 6) is 2.34. The van der Waals surface area contributed by atoms with Gasteiger partial charge in [0.1, 0.15) is 23.4 Å². The lowest BCUT2D eigenvalue weighted by Gasteiger charge is -2.15. The topological polar surface area (TPSA) is 72.0 Å². The molecule has 0 spiro atoms. The van der Waals surface area contributed by atoms with Crippen molar-refractivity contribution in [2.45, 2.75) is 45.6 Å². The maximum absolute atomic E-state index is 6.31. The summed E-state index contributed by atoms with van der Waals surface area (Å²) in [6.07, 6.45) is 6.68. The van der Waals surface area contributed by atoms with Crippen molar-refractivity contribution in [1.29, 1.82) is 0 Å². The van der Waals surface area contributed by atoms with Crippen molar-refractivity contribution in [2.24, 2.45) is 0 Å². The monoisotopic (exact) mass is 475 g/mol. The van der Waals surface area contributed by atoms with Gasteiger partial charge in [0.2, 0.25) is 0 Å². The molecule has 5 aromatic rings. The molecule has 6 nitrogen and oxygen atoms in total. The van der Waals surface area contributed by atoms with Crippen LogP contribution in [0, 0.1) is 13.8 Å². The molecule has 0 atom stereocenters. The lowest BCUT2D eigenvalue weighted by atomic mass is 10.1. The lowest BCUT2D eigenvalue weighted by molar-refractivity contribution is 0.483. The molecule has 3 aromatic carbocycles. The van der Waals surface area contributed by atoms with Gasteiger partial charge in [0.25, 0.3) is 0 Å². The van der Waals surface area contributed by atoms with Crippen LogP contribution in [0.4, 0.5) is 17.2 Å². The first-order chi connectivity index (χ1) is 17.6. The Morgan fingerprint density at radius 3 is 2.56 bits per heavy atom. The number of rotatable bonds is 6. The van der Waals surface area contributed by atoms with Crippen molar-refractivity contribution in [3.8, 4) is 11.5 Å². The molecule has 2 N–H and O–H groups in total. The van der Waals surface area contributed by atoms with Crippen molar-refractivity contribution >= 4 is 39.0 Å². The number of hydrogen-bond acceptors (Lipinski definition) is 6. The molecule has 180 valence electrons. The fraction of sp³-hybridized carbons (Fsp3) is 0.233. The summed E-state index contributed by atoms with van der Waals surface area (Å²) in [7, 11) is 0. The SMILES string of the molecule is Cc1ccc2cccc(Oc3ccc(Nc4ncnc5ccc(NC6CCCC6)cc45)cc3C)c2n1. The zero-order valence-corrected chi connectivity index (χ0v) is 20.6. The second-order valence-corrected chi connectivity index (χ2v) is 9.57. The number of para-hydroxylation sites is 1. The van der Waals surface area contributed by atoms with Gasteiger partial charge in [-0.25, -0.2) is 15.0 Å². The number of pyridine rings is 1. The van der Waals surface area contributed by atoms with Crippen LogP contribution in [-0.2, 0) is 0 Å². The van der Waals surface area contributed by atoms with Gasteiger partial charge < -0.3 is 15.4 Å². The minimum absolute atomic E-state index is 0.555. The highest BCUT2D eigenvalue weighted by atomic mass is 16.5. The van der Waals surface area contributed by atoms with E-state index in [1.54, 1.807) is 6.33 Å². The Morgan fingerprint density at radius 2 is 1.69 bits per heavy atom. The van der Waals surface area contributed by atoms with Crippen LogP contribution < -0.4 is 15.4 Å². The van der Waals surface area contributed by atoms with E-state index >= 15 is 0 Å². The lowest BCUT2D eigenvalue weighted by Crippen LogP contribution is -2.14. The highest BCUT2D eigenvalue weighted by molar-refractivity contribution is 5.93. The Kier molecular flexibility index (Phi) is 5.85. The van der Waals surface area contributed by atoms with Crippen molar-refractivity contribution in [2.75, 3.05) is 10.6 Å². The third-order valence-electron chi connectivity index (χ3n) is 6.84. The van der Waals surface area contributed by atoms with E-state index in [1.165, 1.54) is 25.7 Å². The van der Waals surface area contributed by atoms with Gasteiger partial charge in [-0.3, -0.25) is 0 Å². The van der Waals surface area contributed by atoms with Crippen molar-refractivity contribution < 1.29 is 4.74 Å². The Hall–Kier alpha value is -4.19. The van der Waals surface area contributed by atoms with Gasteiger partial charge in [-0.15, -0.1) is 0 Å². The van der Waals surface area contributed by atoms with Crippen molar-refractivity contribution in [3.05, 3.63) is 84.3 Å². The molecular formula is C30H29N5O. The number of aromatic nitrogens is 3. The summed E-state index contributed by atoms with van der Waals surface area (Å²) >= 11 is 0. The van der Waals surface area contributed by atoms with Crippen LogP contribution in [0.15, 0.2) is 73.1 Å². The molecule has 2 heterocycles. The molecule has 1 aliphatic carbocycles. The molecule has 1 saturated carbocycles. The normalized spacial score (nSPS) is 13.8. The van der Waals surface area contributed by atoms with E-state index in [0.29, 0.717) is 6.04 Å².